The highest BCUT2D eigenvalue weighted by Crippen LogP contribution is 2.30. The van der Waals surface area contributed by atoms with Crippen molar-refractivity contribution in [2.75, 3.05) is 24.5 Å². The quantitative estimate of drug-likeness (QED) is 0.862. The van der Waals surface area contributed by atoms with Crippen molar-refractivity contribution in [1.82, 2.24) is 4.98 Å². The highest BCUT2D eigenvalue weighted by Gasteiger charge is 2.24. The number of nitrogens with two attached hydrogens (primary N) is 1. The van der Waals surface area contributed by atoms with Gasteiger partial charge in [0.15, 0.2) is 11.6 Å². The molecule has 0 aromatic carbocycles. The number of nitrogens with zero attached hydrogens (tertiary/aromatic N) is 2. The van der Waals surface area contributed by atoms with Gasteiger partial charge in [-0.3, -0.25) is 0 Å². The van der Waals surface area contributed by atoms with Gasteiger partial charge in [0.25, 0.3) is 0 Å². The Balaban J connectivity index is 2.14. The van der Waals surface area contributed by atoms with Crippen molar-refractivity contribution in [2.24, 2.45) is 11.7 Å². The van der Waals surface area contributed by atoms with Crippen LogP contribution in [0.4, 0.5) is 5.82 Å². The van der Waals surface area contributed by atoms with Crippen LogP contribution >= 0.6 is 0 Å². The van der Waals surface area contributed by atoms with Crippen LogP contribution in [0.1, 0.15) is 20.3 Å². The lowest BCUT2D eigenvalue weighted by Gasteiger charge is -2.21. The average molecular weight is 235 g/mol. The highest BCUT2D eigenvalue weighted by atomic mass is 16.5. The Morgan fingerprint density at radius 1 is 1.59 bits per heavy atom. The molecule has 1 aromatic rings. The molecule has 2 heterocycles. The molecule has 1 aromatic heterocycles. The van der Waals surface area contributed by atoms with Crippen LogP contribution < -0.4 is 15.4 Å². The zero-order valence-electron chi connectivity index (χ0n) is 10.6. The van der Waals surface area contributed by atoms with Crippen LogP contribution in [-0.4, -0.2) is 30.7 Å². The van der Waals surface area contributed by atoms with E-state index in [9.17, 15) is 0 Å². The summed E-state index contributed by atoms with van der Waals surface area (Å²) < 4.78 is 5.79. The van der Waals surface area contributed by atoms with E-state index in [0.717, 1.165) is 37.6 Å². The first kappa shape index (κ1) is 12.2. The molecule has 1 aliphatic rings. The van der Waals surface area contributed by atoms with Crippen LogP contribution in [0.3, 0.4) is 0 Å². The van der Waals surface area contributed by atoms with Crippen molar-refractivity contribution in [3.05, 3.63) is 18.3 Å². The number of rotatable bonds is 4. The molecule has 2 rings (SSSR count). The van der Waals surface area contributed by atoms with Gasteiger partial charge in [-0.15, -0.1) is 0 Å². The lowest BCUT2D eigenvalue weighted by atomic mass is 10.1. The molecular formula is C13H21N3O. The van der Waals surface area contributed by atoms with Gasteiger partial charge in [-0.1, -0.05) is 0 Å². The fraction of sp³-hybridized carbons (Fsp3) is 0.615. The predicted octanol–water partition coefficient (Wildman–Crippen LogP) is 1.65. The van der Waals surface area contributed by atoms with E-state index in [2.05, 4.69) is 9.88 Å². The molecule has 0 saturated carbocycles. The number of hydrogen-bond acceptors (Lipinski definition) is 4. The van der Waals surface area contributed by atoms with E-state index in [1.165, 1.54) is 0 Å². The standard InChI is InChI=1S/C13H21N3O/c1-10(2)17-12-4-3-6-15-13(12)16-7-5-11(8-14)9-16/h3-4,6,10-11H,5,7-9,14H2,1-2H3. The molecular weight excluding hydrogens is 214 g/mol. The topological polar surface area (TPSA) is 51.4 Å². The van der Waals surface area contributed by atoms with Gasteiger partial charge < -0.3 is 15.4 Å². The first-order valence-electron chi connectivity index (χ1n) is 6.27. The van der Waals surface area contributed by atoms with Crippen molar-refractivity contribution in [2.45, 2.75) is 26.4 Å². The van der Waals surface area contributed by atoms with Gasteiger partial charge in [-0.2, -0.15) is 0 Å². The second-order valence-corrected chi connectivity index (χ2v) is 4.83. The van der Waals surface area contributed by atoms with Crippen molar-refractivity contribution in [3.8, 4) is 5.75 Å². The summed E-state index contributed by atoms with van der Waals surface area (Å²) in [6, 6.07) is 3.90. The maximum absolute atomic E-state index is 5.79. The first-order chi connectivity index (χ1) is 8.20. The summed E-state index contributed by atoms with van der Waals surface area (Å²) in [4.78, 5) is 6.72. The molecule has 1 atom stereocenters. The van der Waals surface area contributed by atoms with Crippen molar-refractivity contribution >= 4 is 5.82 Å². The summed E-state index contributed by atoms with van der Waals surface area (Å²) in [5, 5.41) is 0. The molecule has 1 aliphatic heterocycles. The fourth-order valence-electron chi connectivity index (χ4n) is 2.18. The average Bonchev–Trinajstić information content (AvgIpc) is 2.77. The third kappa shape index (κ3) is 2.88. The second-order valence-electron chi connectivity index (χ2n) is 4.83. The van der Waals surface area contributed by atoms with E-state index in [-0.39, 0.29) is 6.10 Å². The SMILES string of the molecule is CC(C)Oc1cccnc1N1CCC(CN)C1. The second kappa shape index (κ2) is 5.36. The Morgan fingerprint density at radius 3 is 3.06 bits per heavy atom. The molecule has 17 heavy (non-hydrogen) atoms. The Labute approximate surface area is 103 Å². The molecule has 0 bridgehead atoms. The minimum absolute atomic E-state index is 0.172. The molecule has 0 spiro atoms. The van der Waals surface area contributed by atoms with Crippen molar-refractivity contribution in [3.63, 3.8) is 0 Å². The molecule has 0 amide bonds. The molecule has 0 radical (unpaired) electrons. The number of anilines is 1. The highest BCUT2D eigenvalue weighted by molar-refractivity contribution is 5.52. The van der Waals surface area contributed by atoms with Crippen LogP contribution in [0.25, 0.3) is 0 Å². The summed E-state index contributed by atoms with van der Waals surface area (Å²) in [6.07, 6.45) is 3.14. The van der Waals surface area contributed by atoms with Gasteiger partial charge in [-0.05, 0) is 44.9 Å². The number of aromatic nitrogens is 1. The monoisotopic (exact) mass is 235 g/mol. The lowest BCUT2D eigenvalue weighted by molar-refractivity contribution is 0.242. The number of pyridine rings is 1. The Bertz CT molecular complexity index is 367. The largest absolute Gasteiger partial charge is 0.487 e. The first-order valence-corrected chi connectivity index (χ1v) is 6.27. The van der Waals surface area contributed by atoms with Gasteiger partial charge in [0.1, 0.15) is 0 Å². The zero-order chi connectivity index (χ0) is 12.3. The minimum atomic E-state index is 0.172. The van der Waals surface area contributed by atoms with Crippen LogP contribution in [0.2, 0.25) is 0 Å². The molecule has 4 nitrogen and oxygen atoms in total. The molecule has 94 valence electrons. The molecule has 1 unspecified atom stereocenters. The van der Waals surface area contributed by atoms with Crippen LogP contribution in [0, 0.1) is 5.92 Å². The normalized spacial score (nSPS) is 20.0. The molecule has 4 heteroatoms. The van der Waals surface area contributed by atoms with E-state index in [1.54, 1.807) is 0 Å². The van der Waals surface area contributed by atoms with E-state index in [1.807, 2.05) is 32.2 Å². The molecule has 2 N–H and O–H groups in total. The lowest BCUT2D eigenvalue weighted by Crippen LogP contribution is -2.24. The van der Waals surface area contributed by atoms with Crippen LogP contribution in [0.15, 0.2) is 18.3 Å². The van der Waals surface area contributed by atoms with E-state index in [4.69, 9.17) is 10.5 Å². The van der Waals surface area contributed by atoms with Crippen LogP contribution in [0.5, 0.6) is 5.75 Å². The zero-order valence-corrected chi connectivity index (χ0v) is 10.6. The van der Waals surface area contributed by atoms with Gasteiger partial charge >= 0.3 is 0 Å². The van der Waals surface area contributed by atoms with E-state index >= 15 is 0 Å². The third-order valence-corrected chi connectivity index (χ3v) is 3.03. The maximum atomic E-state index is 5.79. The summed E-state index contributed by atoms with van der Waals surface area (Å²) in [7, 11) is 0. The number of hydrogen-bond donors (Lipinski definition) is 1. The summed E-state index contributed by atoms with van der Waals surface area (Å²) >= 11 is 0. The van der Waals surface area contributed by atoms with Crippen LogP contribution in [-0.2, 0) is 0 Å². The smallest absolute Gasteiger partial charge is 0.171 e. The summed E-state index contributed by atoms with van der Waals surface area (Å²) in [6.45, 7) is 6.83. The van der Waals surface area contributed by atoms with E-state index < -0.39 is 0 Å². The van der Waals surface area contributed by atoms with Gasteiger partial charge in [0.05, 0.1) is 6.10 Å². The summed E-state index contributed by atoms with van der Waals surface area (Å²) in [5.74, 6) is 2.42. The Morgan fingerprint density at radius 2 is 2.41 bits per heavy atom. The van der Waals surface area contributed by atoms with Gasteiger partial charge in [0, 0.05) is 19.3 Å². The van der Waals surface area contributed by atoms with Crippen molar-refractivity contribution < 1.29 is 4.74 Å². The minimum Gasteiger partial charge on any atom is -0.487 e. The fourth-order valence-corrected chi connectivity index (χ4v) is 2.18. The molecule has 1 saturated heterocycles. The summed E-state index contributed by atoms with van der Waals surface area (Å²) in [5.41, 5.74) is 5.71. The van der Waals surface area contributed by atoms with E-state index in [0.29, 0.717) is 5.92 Å². The number of ether oxygens (including phenoxy) is 1. The Kier molecular flexibility index (Phi) is 3.84. The maximum Gasteiger partial charge on any atom is 0.171 e. The third-order valence-electron chi connectivity index (χ3n) is 3.03. The molecule has 1 fully saturated rings. The predicted molar refractivity (Wildman–Crippen MR) is 69.4 cm³/mol. The van der Waals surface area contributed by atoms with Crippen molar-refractivity contribution in [1.29, 1.82) is 0 Å². The van der Waals surface area contributed by atoms with Gasteiger partial charge in [-0.25, -0.2) is 4.98 Å². The molecule has 0 aliphatic carbocycles. The Hall–Kier alpha value is -1.29. The van der Waals surface area contributed by atoms with Gasteiger partial charge in [0.2, 0.25) is 0 Å².